The second kappa shape index (κ2) is 3.88. The number of nitrogens with two attached hydrogens (primary N) is 1. The highest BCUT2D eigenvalue weighted by Crippen LogP contribution is 1.68. The van der Waals surface area contributed by atoms with Crippen molar-refractivity contribution in [2.75, 3.05) is 6.54 Å². The van der Waals surface area contributed by atoms with Crippen LogP contribution in [0.5, 0.6) is 0 Å². The maximum atomic E-state index is 10.2. The number of hydrogen-bond acceptors (Lipinski definition) is 1. The smallest absolute Gasteiger partial charge is 0.245 e. The van der Waals surface area contributed by atoms with Gasteiger partial charge in [0.1, 0.15) is 0 Å². The third kappa shape index (κ3) is 4.80. The van der Waals surface area contributed by atoms with E-state index in [0.29, 0.717) is 6.54 Å². The fourth-order valence-electron chi connectivity index (χ4n) is 0.390. The van der Waals surface area contributed by atoms with E-state index in [2.05, 4.69) is 10.3 Å². The van der Waals surface area contributed by atoms with Crippen molar-refractivity contribution in [1.29, 1.82) is 0 Å². The molecule has 0 aliphatic heterocycles. The van der Waals surface area contributed by atoms with Crippen LogP contribution in [0.15, 0.2) is 4.99 Å². The zero-order valence-electron chi connectivity index (χ0n) is 5.64. The van der Waals surface area contributed by atoms with E-state index in [-0.39, 0.29) is 11.9 Å². The standard InChI is InChI=1S/C5H11N3O/c1-3-7-5(6)8-4(2)9/h3H2,1-2H3,(H3,6,7,8,9). The molecular formula is C5H11N3O. The molecule has 52 valence electrons. The molecule has 1 amide bonds. The average molecular weight is 129 g/mol. The number of nitrogens with one attached hydrogen (secondary N) is 1. The molecule has 0 aromatic carbocycles. The fraction of sp³-hybridized carbons (Fsp3) is 0.600. The number of rotatable bonds is 1. The van der Waals surface area contributed by atoms with Gasteiger partial charge in [-0.3, -0.25) is 4.79 Å². The number of aliphatic imine (C=N–C) groups is 1. The fourth-order valence-corrected chi connectivity index (χ4v) is 0.390. The largest absolute Gasteiger partial charge is 0.370 e. The van der Waals surface area contributed by atoms with E-state index in [1.807, 2.05) is 6.92 Å². The van der Waals surface area contributed by atoms with Crippen molar-refractivity contribution in [2.45, 2.75) is 13.8 Å². The summed E-state index contributed by atoms with van der Waals surface area (Å²) in [6.07, 6.45) is 0. The second-order valence-electron chi connectivity index (χ2n) is 1.55. The molecule has 0 fully saturated rings. The Hall–Kier alpha value is -1.06. The zero-order chi connectivity index (χ0) is 7.28. The van der Waals surface area contributed by atoms with Gasteiger partial charge in [0.2, 0.25) is 5.91 Å². The van der Waals surface area contributed by atoms with Crippen molar-refractivity contribution in [3.05, 3.63) is 0 Å². The summed E-state index contributed by atoms with van der Waals surface area (Å²) in [5, 5.41) is 2.68. The van der Waals surface area contributed by atoms with Gasteiger partial charge in [0.05, 0.1) is 0 Å². The minimum Gasteiger partial charge on any atom is -0.370 e. The number of guanidine groups is 1. The molecule has 4 nitrogen and oxygen atoms in total. The number of nitrogens with zero attached hydrogens (tertiary/aromatic N) is 1. The van der Waals surface area contributed by atoms with Crippen LogP contribution in [0.2, 0.25) is 0 Å². The molecular weight excluding hydrogens is 118 g/mol. The molecule has 0 heterocycles. The lowest BCUT2D eigenvalue weighted by atomic mass is 10.7. The van der Waals surface area contributed by atoms with Crippen LogP contribution < -0.4 is 11.1 Å². The van der Waals surface area contributed by atoms with Gasteiger partial charge < -0.3 is 11.1 Å². The van der Waals surface area contributed by atoms with Gasteiger partial charge in [0.15, 0.2) is 5.96 Å². The van der Waals surface area contributed by atoms with Crippen molar-refractivity contribution < 1.29 is 4.79 Å². The Kier molecular flexibility index (Phi) is 3.43. The summed E-state index contributed by atoms with van der Waals surface area (Å²) < 4.78 is 0. The maximum Gasteiger partial charge on any atom is 0.245 e. The van der Waals surface area contributed by atoms with E-state index in [4.69, 9.17) is 5.73 Å². The van der Waals surface area contributed by atoms with Gasteiger partial charge in [0.25, 0.3) is 0 Å². The van der Waals surface area contributed by atoms with Crippen LogP contribution in [0.25, 0.3) is 0 Å². The van der Waals surface area contributed by atoms with Crippen molar-refractivity contribution in [3.63, 3.8) is 0 Å². The van der Waals surface area contributed by atoms with Gasteiger partial charge in [0, 0.05) is 13.5 Å². The molecule has 0 unspecified atom stereocenters. The van der Waals surface area contributed by atoms with Crippen molar-refractivity contribution >= 4 is 11.9 Å². The van der Waals surface area contributed by atoms with Crippen molar-refractivity contribution in [2.24, 2.45) is 10.7 Å². The summed E-state index contributed by atoms with van der Waals surface area (Å²) in [7, 11) is 0. The molecule has 3 N–H and O–H groups in total. The first-order chi connectivity index (χ1) is 4.16. The molecule has 0 aromatic heterocycles. The third-order valence-electron chi connectivity index (χ3n) is 0.636. The van der Waals surface area contributed by atoms with E-state index in [0.717, 1.165) is 0 Å². The number of hydrogen-bond donors (Lipinski definition) is 2. The Morgan fingerprint density at radius 3 is 2.67 bits per heavy atom. The van der Waals surface area contributed by atoms with Gasteiger partial charge in [-0.1, -0.05) is 0 Å². The lowest BCUT2D eigenvalue weighted by Crippen LogP contribution is -2.31. The number of carbonyl (C=O) groups is 1. The molecule has 0 saturated heterocycles. The van der Waals surface area contributed by atoms with Gasteiger partial charge in [-0.25, -0.2) is 0 Å². The molecule has 4 heteroatoms. The first-order valence-electron chi connectivity index (χ1n) is 2.75. The Bertz CT molecular complexity index is 130. The van der Waals surface area contributed by atoms with Crippen LogP contribution in [0, 0.1) is 0 Å². The molecule has 0 spiro atoms. The molecule has 0 rings (SSSR count). The highest BCUT2D eigenvalue weighted by atomic mass is 16.1. The molecule has 0 atom stereocenters. The normalized spacial score (nSPS) is 11.1. The summed E-state index contributed by atoms with van der Waals surface area (Å²) in [6, 6.07) is 0. The molecule has 0 radical (unpaired) electrons. The highest BCUT2D eigenvalue weighted by molar-refractivity contribution is 5.91. The van der Waals surface area contributed by atoms with E-state index >= 15 is 0 Å². The Balaban J connectivity index is 3.69. The minimum absolute atomic E-state index is 0.185. The topological polar surface area (TPSA) is 67.5 Å². The predicted molar refractivity (Wildman–Crippen MR) is 36.0 cm³/mol. The molecule has 0 aliphatic carbocycles. The summed E-state index contributed by atoms with van der Waals surface area (Å²) in [6.45, 7) is 3.91. The lowest BCUT2D eigenvalue weighted by Gasteiger charge is -1.97. The van der Waals surface area contributed by atoms with Crippen molar-refractivity contribution in [3.8, 4) is 0 Å². The summed E-state index contributed by atoms with van der Waals surface area (Å²) >= 11 is 0. The average Bonchev–Trinajstić information content (AvgIpc) is 1.63. The first kappa shape index (κ1) is 7.94. The quantitative estimate of drug-likeness (QED) is 0.369. The monoisotopic (exact) mass is 129 g/mol. The van der Waals surface area contributed by atoms with Crippen LogP contribution in [-0.2, 0) is 4.79 Å². The highest BCUT2D eigenvalue weighted by Gasteiger charge is 1.88. The van der Waals surface area contributed by atoms with E-state index < -0.39 is 0 Å². The zero-order valence-corrected chi connectivity index (χ0v) is 5.64. The van der Waals surface area contributed by atoms with Crippen LogP contribution >= 0.6 is 0 Å². The van der Waals surface area contributed by atoms with Gasteiger partial charge in [-0.2, -0.15) is 4.99 Å². The Morgan fingerprint density at radius 2 is 2.33 bits per heavy atom. The molecule has 0 aromatic rings. The van der Waals surface area contributed by atoms with Gasteiger partial charge >= 0.3 is 0 Å². The van der Waals surface area contributed by atoms with E-state index in [1.54, 1.807) is 0 Å². The lowest BCUT2D eigenvalue weighted by molar-refractivity contribution is -0.115. The van der Waals surface area contributed by atoms with Crippen LogP contribution in [0.4, 0.5) is 0 Å². The molecule has 0 aliphatic rings. The van der Waals surface area contributed by atoms with Crippen LogP contribution in [-0.4, -0.2) is 18.4 Å². The van der Waals surface area contributed by atoms with Gasteiger partial charge in [-0.15, -0.1) is 0 Å². The second-order valence-corrected chi connectivity index (χ2v) is 1.55. The minimum atomic E-state index is -0.284. The number of amides is 1. The van der Waals surface area contributed by atoms with Crippen LogP contribution in [0.1, 0.15) is 13.8 Å². The summed E-state index contributed by atoms with van der Waals surface area (Å²) in [4.78, 5) is 13.6. The molecule has 0 saturated carbocycles. The van der Waals surface area contributed by atoms with Crippen molar-refractivity contribution in [1.82, 2.24) is 5.32 Å². The van der Waals surface area contributed by atoms with E-state index in [9.17, 15) is 4.79 Å². The van der Waals surface area contributed by atoms with Gasteiger partial charge in [-0.05, 0) is 6.92 Å². The third-order valence-corrected chi connectivity index (χ3v) is 0.636. The maximum absolute atomic E-state index is 10.2. The SMILES string of the molecule is CCN/C(N)=N/C(C)=O. The molecule has 0 bridgehead atoms. The van der Waals surface area contributed by atoms with Crippen LogP contribution in [0.3, 0.4) is 0 Å². The first-order valence-corrected chi connectivity index (χ1v) is 2.75. The predicted octanol–water partition coefficient (Wildman–Crippen LogP) is -0.543. The Morgan fingerprint density at radius 1 is 1.78 bits per heavy atom. The summed E-state index contributed by atoms with van der Waals surface area (Å²) in [5.74, 6) is -0.0987. The number of carbonyl (C=O) groups excluding carboxylic acids is 1. The van der Waals surface area contributed by atoms with E-state index in [1.165, 1.54) is 6.92 Å². The Labute approximate surface area is 54.1 Å². The molecule has 9 heavy (non-hydrogen) atoms. The summed E-state index contributed by atoms with van der Waals surface area (Å²) in [5.41, 5.74) is 5.20.